The van der Waals surface area contributed by atoms with E-state index in [1.165, 1.54) is 0 Å². The van der Waals surface area contributed by atoms with Gasteiger partial charge in [-0.1, -0.05) is 24.0 Å². The Labute approximate surface area is 114 Å². The van der Waals surface area contributed by atoms with Crippen molar-refractivity contribution >= 4 is 29.2 Å². The largest absolute Gasteiger partial charge is 0.399 e. The van der Waals surface area contributed by atoms with Crippen molar-refractivity contribution in [2.45, 2.75) is 11.2 Å². The second-order valence-corrected chi connectivity index (χ2v) is 5.91. The van der Waals surface area contributed by atoms with E-state index in [4.69, 9.17) is 5.73 Å². The molecule has 6 heteroatoms. The van der Waals surface area contributed by atoms with Gasteiger partial charge in [-0.15, -0.1) is 0 Å². The van der Waals surface area contributed by atoms with Gasteiger partial charge in [0, 0.05) is 11.4 Å². The molecule has 2 rings (SSSR count). The molecule has 4 nitrogen and oxygen atoms in total. The molecule has 0 fully saturated rings. The van der Waals surface area contributed by atoms with Crippen molar-refractivity contribution in [2.75, 3.05) is 10.5 Å². The summed E-state index contributed by atoms with van der Waals surface area (Å²) in [7, 11) is -1.52. The second-order valence-electron chi connectivity index (χ2n) is 4.23. The van der Waals surface area contributed by atoms with Crippen LogP contribution in [0.4, 0.5) is 11.4 Å². The average Bonchev–Trinajstić information content (AvgIpc) is 2.41. The number of benzene rings is 2. The third-order valence-corrected chi connectivity index (χ3v) is 4.20. The molecule has 3 N–H and O–H groups in total. The van der Waals surface area contributed by atoms with E-state index in [1.54, 1.807) is 36.4 Å². The van der Waals surface area contributed by atoms with Crippen LogP contribution in [0.15, 0.2) is 53.4 Å². The summed E-state index contributed by atoms with van der Waals surface area (Å²) in [5, 5.41) is 0. The van der Waals surface area contributed by atoms with E-state index in [1.807, 2.05) is 20.0 Å². The summed E-state index contributed by atoms with van der Waals surface area (Å²) in [4.78, 5) is 0.251. The van der Waals surface area contributed by atoms with Crippen molar-refractivity contribution in [3.63, 3.8) is 0 Å². The van der Waals surface area contributed by atoms with E-state index < -0.39 is 10.0 Å². The standard InChI is InChI=1S/C13H15BN2O2S/c14-9-10-1-7-13(8-2-10)19(17,18)16-12-5-3-11(15)4-6-12/h1-8,16H,9,14-15H2. The predicted molar refractivity (Wildman–Crippen MR) is 80.4 cm³/mol. The lowest BCUT2D eigenvalue weighted by molar-refractivity contribution is 0.601. The third-order valence-electron chi connectivity index (χ3n) is 2.80. The molecule has 0 bridgehead atoms. The quantitative estimate of drug-likeness (QED) is 0.650. The number of rotatable bonds is 4. The molecular formula is C13H15BN2O2S. The first-order valence-electron chi connectivity index (χ1n) is 5.98. The first-order valence-corrected chi connectivity index (χ1v) is 7.47. The molecule has 0 unspecified atom stereocenters. The fourth-order valence-electron chi connectivity index (χ4n) is 1.67. The zero-order chi connectivity index (χ0) is 13.9. The zero-order valence-corrected chi connectivity index (χ0v) is 11.4. The highest BCUT2D eigenvalue weighted by Gasteiger charge is 2.13. The molecule has 0 radical (unpaired) electrons. The molecule has 19 heavy (non-hydrogen) atoms. The highest BCUT2D eigenvalue weighted by molar-refractivity contribution is 7.92. The smallest absolute Gasteiger partial charge is 0.261 e. The molecule has 0 saturated heterocycles. The van der Waals surface area contributed by atoms with Crippen LogP contribution in [0.2, 0.25) is 0 Å². The summed E-state index contributed by atoms with van der Waals surface area (Å²) in [6, 6.07) is 13.4. The molecule has 0 saturated carbocycles. The van der Waals surface area contributed by atoms with Crippen LogP contribution in [0.5, 0.6) is 0 Å². The minimum absolute atomic E-state index is 0.251. The molecule has 0 aliphatic carbocycles. The molecule has 0 aromatic heterocycles. The van der Waals surface area contributed by atoms with Crippen molar-refractivity contribution < 1.29 is 8.42 Å². The van der Waals surface area contributed by atoms with Gasteiger partial charge < -0.3 is 5.73 Å². The summed E-state index contributed by atoms with van der Waals surface area (Å²) in [5.74, 6) is 0. The number of sulfonamides is 1. The van der Waals surface area contributed by atoms with E-state index in [-0.39, 0.29) is 4.90 Å². The number of nitrogen functional groups attached to an aromatic ring is 1. The third kappa shape index (κ3) is 3.29. The van der Waals surface area contributed by atoms with Crippen LogP contribution in [0, 0.1) is 0 Å². The lowest BCUT2D eigenvalue weighted by Gasteiger charge is -2.08. The predicted octanol–water partition coefficient (Wildman–Crippen LogP) is 1.20. The first-order chi connectivity index (χ1) is 9.01. The SMILES string of the molecule is BCc1ccc(S(=O)(=O)Nc2ccc(N)cc2)cc1. The summed E-state index contributed by atoms with van der Waals surface area (Å²) >= 11 is 0. The van der Waals surface area contributed by atoms with Crippen molar-refractivity contribution in [3.8, 4) is 0 Å². The molecule has 0 amide bonds. The van der Waals surface area contributed by atoms with Gasteiger partial charge >= 0.3 is 0 Å². The highest BCUT2D eigenvalue weighted by Crippen LogP contribution is 2.17. The van der Waals surface area contributed by atoms with E-state index in [9.17, 15) is 8.42 Å². The van der Waals surface area contributed by atoms with Gasteiger partial charge in [0.15, 0.2) is 0 Å². The Morgan fingerprint density at radius 3 is 2.11 bits per heavy atom. The van der Waals surface area contributed by atoms with Gasteiger partial charge in [-0.25, -0.2) is 8.42 Å². The Bertz CT molecular complexity index is 652. The van der Waals surface area contributed by atoms with Gasteiger partial charge in [-0.05, 0) is 36.4 Å². The van der Waals surface area contributed by atoms with E-state index in [0.717, 1.165) is 11.9 Å². The Morgan fingerprint density at radius 2 is 1.58 bits per heavy atom. The maximum absolute atomic E-state index is 12.1. The lowest BCUT2D eigenvalue weighted by Crippen LogP contribution is -2.12. The molecule has 0 heterocycles. The van der Waals surface area contributed by atoms with Crippen LogP contribution >= 0.6 is 0 Å². The highest BCUT2D eigenvalue weighted by atomic mass is 32.2. The van der Waals surface area contributed by atoms with Crippen LogP contribution in [0.1, 0.15) is 5.56 Å². The number of hydrogen-bond acceptors (Lipinski definition) is 3. The van der Waals surface area contributed by atoms with Gasteiger partial charge in [-0.2, -0.15) is 0 Å². The van der Waals surface area contributed by atoms with Gasteiger partial charge in [0.25, 0.3) is 10.0 Å². The zero-order valence-electron chi connectivity index (χ0n) is 10.6. The van der Waals surface area contributed by atoms with Crippen LogP contribution < -0.4 is 10.5 Å². The first kappa shape index (κ1) is 13.5. The van der Waals surface area contributed by atoms with Gasteiger partial charge in [0.05, 0.1) is 4.90 Å². The molecule has 2 aromatic rings. The number of nitrogens with two attached hydrogens (primary N) is 1. The van der Waals surface area contributed by atoms with Gasteiger partial charge in [0.2, 0.25) is 0 Å². The molecule has 2 aromatic carbocycles. The fraction of sp³-hybridized carbons (Fsp3) is 0.0769. The fourth-order valence-corrected chi connectivity index (χ4v) is 2.73. The normalized spacial score (nSPS) is 11.2. The van der Waals surface area contributed by atoms with Crippen LogP contribution in [0.25, 0.3) is 0 Å². The van der Waals surface area contributed by atoms with Crippen molar-refractivity contribution in [1.29, 1.82) is 0 Å². The van der Waals surface area contributed by atoms with Crippen LogP contribution in [-0.2, 0) is 16.3 Å². The summed E-state index contributed by atoms with van der Waals surface area (Å²) < 4.78 is 26.8. The van der Waals surface area contributed by atoms with Gasteiger partial charge in [0.1, 0.15) is 7.85 Å². The van der Waals surface area contributed by atoms with Crippen molar-refractivity contribution in [3.05, 3.63) is 54.1 Å². The topological polar surface area (TPSA) is 72.2 Å². The van der Waals surface area contributed by atoms with E-state index in [0.29, 0.717) is 11.4 Å². The molecular weight excluding hydrogens is 259 g/mol. The van der Waals surface area contributed by atoms with Crippen molar-refractivity contribution in [2.24, 2.45) is 0 Å². The number of anilines is 2. The lowest BCUT2D eigenvalue weighted by atomic mass is 9.97. The maximum Gasteiger partial charge on any atom is 0.261 e. The van der Waals surface area contributed by atoms with Crippen LogP contribution in [0.3, 0.4) is 0 Å². The Balaban J connectivity index is 2.24. The summed E-state index contributed by atoms with van der Waals surface area (Å²) in [6.07, 6.45) is 0.881. The maximum atomic E-state index is 12.1. The molecule has 0 spiro atoms. The Kier molecular flexibility index (Phi) is 3.80. The molecule has 98 valence electrons. The molecule has 0 aliphatic rings. The van der Waals surface area contributed by atoms with Crippen molar-refractivity contribution in [1.82, 2.24) is 0 Å². The number of nitrogens with one attached hydrogen (secondary N) is 1. The minimum atomic E-state index is -3.54. The van der Waals surface area contributed by atoms with E-state index >= 15 is 0 Å². The summed E-state index contributed by atoms with van der Waals surface area (Å²) in [5.41, 5.74) is 7.75. The molecule has 0 atom stereocenters. The second kappa shape index (κ2) is 5.36. The Hall–Kier alpha value is -1.95. The number of hydrogen-bond donors (Lipinski definition) is 2. The van der Waals surface area contributed by atoms with Crippen LogP contribution in [-0.4, -0.2) is 16.3 Å². The monoisotopic (exact) mass is 274 g/mol. The van der Waals surface area contributed by atoms with E-state index in [2.05, 4.69) is 4.72 Å². The molecule has 0 aliphatic heterocycles. The van der Waals surface area contributed by atoms with Gasteiger partial charge in [-0.3, -0.25) is 4.72 Å². The Morgan fingerprint density at radius 1 is 1.00 bits per heavy atom. The average molecular weight is 274 g/mol. The minimum Gasteiger partial charge on any atom is -0.399 e. The summed E-state index contributed by atoms with van der Waals surface area (Å²) in [6.45, 7) is 0.